The molecule has 0 fully saturated rings. The van der Waals surface area contributed by atoms with Gasteiger partial charge in [0.2, 0.25) is 0 Å². The van der Waals surface area contributed by atoms with Crippen LogP contribution in [0.5, 0.6) is 0 Å². The van der Waals surface area contributed by atoms with Crippen LogP contribution in [0.4, 0.5) is 18.9 Å². The van der Waals surface area contributed by atoms with E-state index in [0.29, 0.717) is 6.54 Å². The monoisotopic (exact) mass is 295 g/mol. The lowest BCUT2D eigenvalue weighted by atomic mass is 10.2. The first-order valence-corrected chi connectivity index (χ1v) is 6.04. The normalized spacial score (nSPS) is 11.2. The molecule has 0 aliphatic heterocycles. The topological polar surface area (TPSA) is 68.0 Å². The predicted molar refractivity (Wildman–Crippen MR) is 71.5 cm³/mol. The minimum atomic E-state index is -4.40. The molecule has 110 valence electrons. The number of alkyl halides is 3. The number of nitrogens with one attached hydrogen (secondary N) is 1. The summed E-state index contributed by atoms with van der Waals surface area (Å²) in [5.41, 5.74) is 5.84. The van der Waals surface area contributed by atoms with Gasteiger partial charge in [-0.15, -0.1) is 0 Å². The van der Waals surface area contributed by atoms with E-state index in [9.17, 15) is 18.0 Å². The van der Waals surface area contributed by atoms with Crippen molar-refractivity contribution < 1.29 is 18.0 Å². The smallest absolute Gasteiger partial charge is 0.326 e. The van der Waals surface area contributed by atoms with Crippen LogP contribution in [0.15, 0.2) is 42.6 Å². The first-order valence-electron chi connectivity index (χ1n) is 6.04. The number of benzene rings is 1. The summed E-state index contributed by atoms with van der Waals surface area (Å²) in [5, 5.41) is 2.47. The van der Waals surface area contributed by atoms with Crippen LogP contribution in [-0.2, 0) is 12.7 Å². The molecule has 0 saturated carbocycles. The fraction of sp³-hybridized carbons (Fsp3) is 0.143. The number of carbonyl (C=O) groups excluding carboxylic acids is 1. The largest absolute Gasteiger partial charge is 0.416 e. The van der Waals surface area contributed by atoms with Crippen LogP contribution < -0.4 is 11.1 Å². The zero-order valence-corrected chi connectivity index (χ0v) is 10.8. The minimum Gasteiger partial charge on any atom is -0.326 e. The maximum atomic E-state index is 12.4. The van der Waals surface area contributed by atoms with Gasteiger partial charge in [-0.25, -0.2) is 0 Å². The third-order valence-electron chi connectivity index (χ3n) is 2.76. The Morgan fingerprint density at radius 1 is 1.14 bits per heavy atom. The summed E-state index contributed by atoms with van der Waals surface area (Å²) >= 11 is 0. The summed E-state index contributed by atoms with van der Waals surface area (Å²) in [6.45, 7) is 0.313. The standard InChI is InChI=1S/C14H12F3N3O/c15-14(16,17)10-2-4-11(5-3-10)20-13(21)12-6-1-9(7-18)8-19-12/h1-6,8H,7,18H2,(H,20,21). The molecule has 1 amide bonds. The molecule has 0 spiro atoms. The van der Waals surface area contributed by atoms with Crippen LogP contribution in [0.2, 0.25) is 0 Å². The summed E-state index contributed by atoms with van der Waals surface area (Å²) in [4.78, 5) is 15.8. The highest BCUT2D eigenvalue weighted by Crippen LogP contribution is 2.29. The van der Waals surface area contributed by atoms with E-state index in [1.54, 1.807) is 6.07 Å². The van der Waals surface area contributed by atoms with Crippen molar-refractivity contribution in [2.45, 2.75) is 12.7 Å². The molecule has 2 aromatic rings. The van der Waals surface area contributed by atoms with Gasteiger partial charge in [0.1, 0.15) is 5.69 Å². The Bertz CT molecular complexity index is 621. The fourth-order valence-electron chi connectivity index (χ4n) is 1.62. The van der Waals surface area contributed by atoms with Crippen LogP contribution in [0.3, 0.4) is 0 Å². The van der Waals surface area contributed by atoms with Crippen LogP contribution in [0.25, 0.3) is 0 Å². The summed E-state index contributed by atoms with van der Waals surface area (Å²) in [7, 11) is 0. The third-order valence-corrected chi connectivity index (χ3v) is 2.76. The van der Waals surface area contributed by atoms with Crippen molar-refractivity contribution in [3.63, 3.8) is 0 Å². The number of aromatic nitrogens is 1. The molecule has 0 radical (unpaired) electrons. The Morgan fingerprint density at radius 3 is 2.29 bits per heavy atom. The number of halogens is 3. The van der Waals surface area contributed by atoms with E-state index in [2.05, 4.69) is 10.3 Å². The molecule has 1 aromatic carbocycles. The Hall–Kier alpha value is -2.41. The van der Waals surface area contributed by atoms with Crippen LogP contribution >= 0.6 is 0 Å². The molecule has 4 nitrogen and oxygen atoms in total. The number of rotatable bonds is 3. The number of carbonyl (C=O) groups is 1. The number of hydrogen-bond acceptors (Lipinski definition) is 3. The number of hydrogen-bond donors (Lipinski definition) is 2. The molecular weight excluding hydrogens is 283 g/mol. The average molecular weight is 295 g/mol. The maximum Gasteiger partial charge on any atom is 0.416 e. The number of amides is 1. The van der Waals surface area contributed by atoms with Crippen molar-refractivity contribution in [1.29, 1.82) is 0 Å². The summed E-state index contributed by atoms with van der Waals surface area (Å²) in [5.74, 6) is -0.502. The zero-order chi connectivity index (χ0) is 15.5. The first-order chi connectivity index (χ1) is 9.90. The molecule has 1 aromatic heterocycles. The van der Waals surface area contributed by atoms with Gasteiger partial charge in [-0.3, -0.25) is 9.78 Å². The van der Waals surface area contributed by atoms with Gasteiger partial charge in [-0.2, -0.15) is 13.2 Å². The van der Waals surface area contributed by atoms with Gasteiger partial charge in [-0.1, -0.05) is 6.07 Å². The molecule has 0 aliphatic carbocycles. The highest BCUT2D eigenvalue weighted by molar-refractivity contribution is 6.02. The van der Waals surface area contributed by atoms with Gasteiger partial charge in [0.25, 0.3) is 5.91 Å². The van der Waals surface area contributed by atoms with Crippen LogP contribution in [0, 0.1) is 0 Å². The third kappa shape index (κ3) is 3.79. The molecule has 0 aliphatic rings. The SMILES string of the molecule is NCc1ccc(C(=O)Nc2ccc(C(F)(F)F)cc2)nc1. The van der Waals surface area contributed by atoms with E-state index in [-0.39, 0.29) is 11.4 Å². The van der Waals surface area contributed by atoms with Crippen molar-refractivity contribution in [3.8, 4) is 0 Å². The highest BCUT2D eigenvalue weighted by atomic mass is 19.4. The van der Waals surface area contributed by atoms with E-state index < -0.39 is 17.6 Å². The van der Waals surface area contributed by atoms with E-state index in [4.69, 9.17) is 5.73 Å². The molecule has 0 atom stereocenters. The lowest BCUT2D eigenvalue weighted by molar-refractivity contribution is -0.137. The van der Waals surface area contributed by atoms with Gasteiger partial charge < -0.3 is 11.1 Å². The average Bonchev–Trinajstić information content (AvgIpc) is 2.47. The van der Waals surface area contributed by atoms with E-state index in [1.807, 2.05) is 0 Å². The van der Waals surface area contributed by atoms with E-state index in [1.165, 1.54) is 24.4 Å². The molecule has 0 saturated heterocycles. The summed E-state index contributed by atoms with van der Waals surface area (Å²) < 4.78 is 37.2. The van der Waals surface area contributed by atoms with Gasteiger partial charge >= 0.3 is 6.18 Å². The molecule has 1 heterocycles. The second kappa shape index (κ2) is 5.92. The van der Waals surface area contributed by atoms with Gasteiger partial charge in [0, 0.05) is 18.4 Å². The van der Waals surface area contributed by atoms with Crippen LogP contribution in [0.1, 0.15) is 21.6 Å². The van der Waals surface area contributed by atoms with Gasteiger partial charge in [0.15, 0.2) is 0 Å². The number of nitrogens with zero attached hydrogens (tertiary/aromatic N) is 1. The Kier molecular flexibility index (Phi) is 4.23. The molecular formula is C14H12F3N3O. The molecule has 21 heavy (non-hydrogen) atoms. The Labute approximate surface area is 118 Å². The van der Waals surface area contributed by atoms with Crippen LogP contribution in [-0.4, -0.2) is 10.9 Å². The molecule has 0 bridgehead atoms. The van der Waals surface area contributed by atoms with Gasteiger partial charge in [-0.05, 0) is 35.9 Å². The maximum absolute atomic E-state index is 12.4. The lowest BCUT2D eigenvalue weighted by Crippen LogP contribution is -2.14. The Balaban J connectivity index is 2.08. The Morgan fingerprint density at radius 2 is 1.81 bits per heavy atom. The fourth-order valence-corrected chi connectivity index (χ4v) is 1.62. The number of anilines is 1. The van der Waals surface area contributed by atoms with E-state index in [0.717, 1.165) is 17.7 Å². The number of pyridine rings is 1. The zero-order valence-electron chi connectivity index (χ0n) is 10.8. The molecule has 0 unspecified atom stereocenters. The molecule has 2 rings (SSSR count). The first kappa shape index (κ1) is 15.0. The van der Waals surface area contributed by atoms with Crippen molar-refractivity contribution in [2.75, 3.05) is 5.32 Å². The predicted octanol–water partition coefficient (Wildman–Crippen LogP) is 2.81. The second-order valence-electron chi connectivity index (χ2n) is 4.29. The second-order valence-corrected chi connectivity index (χ2v) is 4.29. The van der Waals surface area contributed by atoms with Crippen molar-refractivity contribution in [3.05, 3.63) is 59.4 Å². The van der Waals surface area contributed by atoms with Crippen molar-refractivity contribution in [1.82, 2.24) is 4.98 Å². The van der Waals surface area contributed by atoms with Gasteiger partial charge in [0.05, 0.1) is 5.56 Å². The minimum absolute atomic E-state index is 0.159. The number of nitrogens with two attached hydrogens (primary N) is 1. The summed E-state index contributed by atoms with van der Waals surface area (Å²) in [6.07, 6.45) is -2.93. The highest BCUT2D eigenvalue weighted by Gasteiger charge is 2.29. The molecule has 7 heteroatoms. The summed E-state index contributed by atoms with van der Waals surface area (Å²) in [6, 6.07) is 7.35. The molecule has 3 N–H and O–H groups in total. The van der Waals surface area contributed by atoms with E-state index >= 15 is 0 Å². The quantitative estimate of drug-likeness (QED) is 0.915. The lowest BCUT2D eigenvalue weighted by Gasteiger charge is -2.08. The van der Waals surface area contributed by atoms with Crippen molar-refractivity contribution >= 4 is 11.6 Å². The van der Waals surface area contributed by atoms with Crippen molar-refractivity contribution in [2.24, 2.45) is 5.73 Å².